The minimum absolute atomic E-state index is 0.611. The van der Waals surface area contributed by atoms with Gasteiger partial charge >= 0.3 is 0 Å². The van der Waals surface area contributed by atoms with Crippen molar-refractivity contribution in [3.8, 4) is 0 Å². The molecule has 2 N–H and O–H groups in total. The molecule has 0 spiro atoms. The van der Waals surface area contributed by atoms with E-state index in [1.165, 1.54) is 0 Å². The van der Waals surface area contributed by atoms with Crippen molar-refractivity contribution in [1.82, 2.24) is 14.5 Å². The van der Waals surface area contributed by atoms with Crippen molar-refractivity contribution in [1.29, 1.82) is 0 Å². The van der Waals surface area contributed by atoms with Gasteiger partial charge in [-0.2, -0.15) is 0 Å². The van der Waals surface area contributed by atoms with Crippen molar-refractivity contribution < 1.29 is 4.74 Å². The Labute approximate surface area is 89.8 Å². The van der Waals surface area contributed by atoms with E-state index in [1.807, 2.05) is 6.20 Å². The average molecular weight is 210 g/mol. The number of anilines is 1. The smallest absolute Gasteiger partial charge is 0.141 e. The molecule has 84 valence electrons. The van der Waals surface area contributed by atoms with Gasteiger partial charge in [0.1, 0.15) is 11.6 Å². The Morgan fingerprint density at radius 1 is 1.47 bits per heavy atom. The minimum Gasteiger partial charge on any atom is -0.382 e. The van der Waals surface area contributed by atoms with Gasteiger partial charge in [-0.1, -0.05) is 0 Å². The van der Waals surface area contributed by atoms with Crippen LogP contribution in [-0.2, 0) is 17.8 Å². The lowest BCUT2D eigenvalue weighted by atomic mass is 10.4. The highest BCUT2D eigenvalue weighted by Crippen LogP contribution is 2.09. The molecule has 1 aliphatic heterocycles. The molecule has 0 atom stereocenters. The van der Waals surface area contributed by atoms with Crippen LogP contribution in [0.4, 0.5) is 5.82 Å². The molecule has 0 unspecified atom stereocenters. The summed E-state index contributed by atoms with van der Waals surface area (Å²) in [4.78, 5) is 6.68. The van der Waals surface area contributed by atoms with E-state index in [4.69, 9.17) is 10.5 Å². The lowest BCUT2D eigenvalue weighted by Gasteiger charge is -2.26. The van der Waals surface area contributed by atoms with Crippen molar-refractivity contribution in [2.45, 2.75) is 20.0 Å². The van der Waals surface area contributed by atoms with Crippen molar-refractivity contribution >= 4 is 5.82 Å². The monoisotopic (exact) mass is 210 g/mol. The van der Waals surface area contributed by atoms with Crippen LogP contribution in [0.15, 0.2) is 6.20 Å². The lowest BCUT2D eigenvalue weighted by Crippen LogP contribution is -2.36. The zero-order valence-corrected chi connectivity index (χ0v) is 9.15. The average Bonchev–Trinajstić information content (AvgIpc) is 2.60. The van der Waals surface area contributed by atoms with E-state index in [-0.39, 0.29) is 0 Å². The van der Waals surface area contributed by atoms with Gasteiger partial charge in [-0.15, -0.1) is 0 Å². The second-order valence-corrected chi connectivity index (χ2v) is 3.76. The normalized spacial score (nSPS) is 18.2. The standard InChI is InChI=1S/C10H18N4O/c1-2-14-7-9(11)12-10(14)8-13-3-5-15-6-4-13/h7H,2-6,8,11H2,1H3. The second-order valence-electron chi connectivity index (χ2n) is 3.76. The van der Waals surface area contributed by atoms with Gasteiger partial charge in [0.05, 0.1) is 19.8 Å². The molecule has 1 saturated heterocycles. The maximum atomic E-state index is 5.68. The third-order valence-corrected chi connectivity index (χ3v) is 2.69. The predicted molar refractivity (Wildman–Crippen MR) is 58.4 cm³/mol. The second kappa shape index (κ2) is 4.63. The van der Waals surface area contributed by atoms with Gasteiger partial charge in [-0.05, 0) is 6.92 Å². The highest BCUT2D eigenvalue weighted by atomic mass is 16.5. The Morgan fingerprint density at radius 2 is 2.20 bits per heavy atom. The van der Waals surface area contributed by atoms with E-state index in [0.29, 0.717) is 5.82 Å². The molecular formula is C10H18N4O. The summed E-state index contributed by atoms with van der Waals surface area (Å²) >= 11 is 0. The highest BCUT2D eigenvalue weighted by molar-refractivity contribution is 5.25. The predicted octanol–water partition coefficient (Wildman–Crippen LogP) is 0.317. The Bertz CT molecular complexity index is 317. The van der Waals surface area contributed by atoms with Crippen LogP contribution in [0.3, 0.4) is 0 Å². The summed E-state index contributed by atoms with van der Waals surface area (Å²) in [6.07, 6.45) is 1.90. The van der Waals surface area contributed by atoms with Crippen LogP contribution in [-0.4, -0.2) is 40.8 Å². The third kappa shape index (κ3) is 2.49. The van der Waals surface area contributed by atoms with Gasteiger partial charge in [-0.25, -0.2) is 4.98 Å². The number of nitrogen functional groups attached to an aromatic ring is 1. The van der Waals surface area contributed by atoms with E-state index in [2.05, 4.69) is 21.4 Å². The number of hydrogen-bond acceptors (Lipinski definition) is 4. The molecule has 0 amide bonds. The van der Waals surface area contributed by atoms with Crippen LogP contribution >= 0.6 is 0 Å². The van der Waals surface area contributed by atoms with Gasteiger partial charge in [0.15, 0.2) is 0 Å². The fourth-order valence-corrected chi connectivity index (χ4v) is 1.84. The molecule has 0 aliphatic carbocycles. The molecule has 15 heavy (non-hydrogen) atoms. The Hall–Kier alpha value is -1.07. The fourth-order valence-electron chi connectivity index (χ4n) is 1.84. The first-order valence-corrected chi connectivity index (χ1v) is 5.41. The first-order chi connectivity index (χ1) is 7.29. The number of ether oxygens (including phenoxy) is 1. The number of nitrogens with zero attached hydrogens (tertiary/aromatic N) is 3. The van der Waals surface area contributed by atoms with Gasteiger partial charge in [0.25, 0.3) is 0 Å². The maximum Gasteiger partial charge on any atom is 0.141 e. The van der Waals surface area contributed by atoms with Crippen LogP contribution in [0.2, 0.25) is 0 Å². The number of morpholine rings is 1. The minimum atomic E-state index is 0.611. The molecule has 1 fully saturated rings. The summed E-state index contributed by atoms with van der Waals surface area (Å²) in [5.74, 6) is 1.66. The summed E-state index contributed by atoms with van der Waals surface area (Å²) in [5, 5.41) is 0. The van der Waals surface area contributed by atoms with Crippen LogP contribution < -0.4 is 5.73 Å². The molecule has 0 saturated carbocycles. The first-order valence-electron chi connectivity index (χ1n) is 5.41. The molecule has 1 aliphatic rings. The molecule has 0 aromatic carbocycles. The number of aromatic nitrogens is 2. The van der Waals surface area contributed by atoms with Crippen molar-refractivity contribution in [3.05, 3.63) is 12.0 Å². The zero-order valence-electron chi connectivity index (χ0n) is 9.15. The fraction of sp³-hybridized carbons (Fsp3) is 0.700. The van der Waals surface area contributed by atoms with Crippen LogP contribution in [0.5, 0.6) is 0 Å². The molecule has 0 radical (unpaired) electrons. The largest absolute Gasteiger partial charge is 0.382 e. The van der Waals surface area contributed by atoms with Gasteiger partial charge in [-0.3, -0.25) is 4.90 Å². The first kappa shape index (κ1) is 10.4. The van der Waals surface area contributed by atoms with E-state index in [0.717, 1.165) is 45.2 Å². The van der Waals surface area contributed by atoms with Gasteiger partial charge in [0, 0.05) is 25.8 Å². The van der Waals surface area contributed by atoms with E-state index in [9.17, 15) is 0 Å². The molecule has 1 aromatic rings. The number of nitrogens with two attached hydrogens (primary N) is 1. The van der Waals surface area contributed by atoms with E-state index < -0.39 is 0 Å². The number of rotatable bonds is 3. The van der Waals surface area contributed by atoms with Crippen molar-refractivity contribution in [2.75, 3.05) is 32.0 Å². The maximum absolute atomic E-state index is 5.68. The molecule has 5 heteroatoms. The van der Waals surface area contributed by atoms with E-state index in [1.54, 1.807) is 0 Å². The van der Waals surface area contributed by atoms with Crippen LogP contribution in [0.25, 0.3) is 0 Å². The molecular weight excluding hydrogens is 192 g/mol. The van der Waals surface area contributed by atoms with Crippen LogP contribution in [0, 0.1) is 0 Å². The zero-order chi connectivity index (χ0) is 10.7. The van der Waals surface area contributed by atoms with Crippen molar-refractivity contribution in [3.63, 3.8) is 0 Å². The number of aryl methyl sites for hydroxylation is 1. The van der Waals surface area contributed by atoms with E-state index >= 15 is 0 Å². The molecule has 2 heterocycles. The molecule has 5 nitrogen and oxygen atoms in total. The quantitative estimate of drug-likeness (QED) is 0.780. The summed E-state index contributed by atoms with van der Waals surface area (Å²) in [5.41, 5.74) is 5.68. The Morgan fingerprint density at radius 3 is 2.87 bits per heavy atom. The Kier molecular flexibility index (Phi) is 3.23. The summed E-state index contributed by atoms with van der Waals surface area (Å²) < 4.78 is 7.41. The highest BCUT2D eigenvalue weighted by Gasteiger charge is 2.13. The summed E-state index contributed by atoms with van der Waals surface area (Å²) in [6, 6.07) is 0. The molecule has 1 aromatic heterocycles. The van der Waals surface area contributed by atoms with Crippen LogP contribution in [0.1, 0.15) is 12.7 Å². The third-order valence-electron chi connectivity index (χ3n) is 2.69. The SMILES string of the molecule is CCn1cc(N)nc1CN1CCOCC1. The number of hydrogen-bond donors (Lipinski definition) is 1. The number of imidazole rings is 1. The van der Waals surface area contributed by atoms with Gasteiger partial charge < -0.3 is 15.0 Å². The topological polar surface area (TPSA) is 56.3 Å². The summed E-state index contributed by atoms with van der Waals surface area (Å²) in [6.45, 7) is 7.50. The molecule has 2 rings (SSSR count). The lowest BCUT2D eigenvalue weighted by molar-refractivity contribution is 0.0326. The Balaban J connectivity index is 2.02. The molecule has 0 bridgehead atoms. The van der Waals surface area contributed by atoms with Crippen molar-refractivity contribution in [2.24, 2.45) is 0 Å². The van der Waals surface area contributed by atoms with Gasteiger partial charge in [0.2, 0.25) is 0 Å². The summed E-state index contributed by atoms with van der Waals surface area (Å²) in [7, 11) is 0.